The Morgan fingerprint density at radius 1 is 1.33 bits per heavy atom. The van der Waals surface area contributed by atoms with Gasteiger partial charge in [-0.15, -0.1) is 0 Å². The molecule has 7 heteroatoms. The molecule has 0 aliphatic carbocycles. The first-order chi connectivity index (χ1) is 10.0. The van der Waals surface area contributed by atoms with Gasteiger partial charge < -0.3 is 5.32 Å². The normalized spacial score (nSPS) is 9.95. The number of halogens is 2. The fraction of sp³-hybridized carbons (Fsp3) is 0.0714. The van der Waals surface area contributed by atoms with Crippen LogP contribution in [-0.4, -0.2) is 4.92 Å². The number of nitrogens with one attached hydrogen (secondary N) is 1. The molecule has 0 atom stereocenters. The van der Waals surface area contributed by atoms with Gasteiger partial charge in [0.25, 0.3) is 5.69 Å². The van der Waals surface area contributed by atoms with Crippen molar-refractivity contribution in [3.05, 3.63) is 67.9 Å². The third-order valence-electron chi connectivity index (χ3n) is 2.80. The lowest BCUT2D eigenvalue weighted by molar-refractivity contribution is -0.384. The Hall–Kier alpha value is -2.46. The number of nitro benzene ring substituents is 1. The molecule has 1 N–H and O–H groups in total. The molecule has 106 valence electrons. The minimum atomic E-state index is -0.689. The minimum absolute atomic E-state index is 0.149. The molecular formula is C14H9BrFN3O2. The standard InChI is InChI=1S/C14H9BrFN3O2/c15-11-5-13(14(19(20)21)6-12(11)16)18-8-10-3-1-9(7-17)2-4-10/h1-6,18H,8H2. The Balaban J connectivity index is 2.21. The van der Waals surface area contributed by atoms with E-state index < -0.39 is 10.7 Å². The topological polar surface area (TPSA) is 79.0 Å². The molecule has 2 rings (SSSR count). The van der Waals surface area contributed by atoms with Crippen LogP contribution in [0.2, 0.25) is 0 Å². The predicted molar refractivity (Wildman–Crippen MR) is 79.2 cm³/mol. The Kier molecular flexibility index (Phi) is 4.50. The highest BCUT2D eigenvalue weighted by molar-refractivity contribution is 9.10. The number of anilines is 1. The predicted octanol–water partition coefficient (Wildman–Crippen LogP) is 3.98. The highest BCUT2D eigenvalue weighted by Gasteiger charge is 2.17. The van der Waals surface area contributed by atoms with E-state index in [1.54, 1.807) is 24.3 Å². The molecule has 0 bridgehead atoms. The van der Waals surface area contributed by atoms with E-state index >= 15 is 0 Å². The zero-order valence-corrected chi connectivity index (χ0v) is 12.2. The molecule has 0 saturated heterocycles. The van der Waals surface area contributed by atoms with Crippen molar-refractivity contribution < 1.29 is 9.31 Å². The first kappa shape index (κ1) is 14.9. The van der Waals surface area contributed by atoms with Crippen molar-refractivity contribution in [3.63, 3.8) is 0 Å². The van der Waals surface area contributed by atoms with Gasteiger partial charge >= 0.3 is 0 Å². The van der Waals surface area contributed by atoms with Crippen LogP contribution in [0, 0.1) is 27.3 Å². The van der Waals surface area contributed by atoms with Crippen LogP contribution in [0.25, 0.3) is 0 Å². The molecule has 0 aromatic heterocycles. The molecule has 0 fully saturated rings. The van der Waals surface area contributed by atoms with Crippen LogP contribution in [0.15, 0.2) is 40.9 Å². The third-order valence-corrected chi connectivity index (χ3v) is 3.41. The van der Waals surface area contributed by atoms with E-state index in [0.717, 1.165) is 11.6 Å². The van der Waals surface area contributed by atoms with Gasteiger partial charge in [-0.2, -0.15) is 5.26 Å². The molecule has 0 spiro atoms. The average Bonchev–Trinajstić information content (AvgIpc) is 2.48. The van der Waals surface area contributed by atoms with Crippen LogP contribution in [0.5, 0.6) is 0 Å². The zero-order valence-electron chi connectivity index (χ0n) is 10.6. The molecule has 0 aliphatic heterocycles. The van der Waals surface area contributed by atoms with Crippen molar-refractivity contribution in [2.75, 3.05) is 5.32 Å². The van der Waals surface area contributed by atoms with Gasteiger partial charge in [0.1, 0.15) is 11.5 Å². The lowest BCUT2D eigenvalue weighted by Crippen LogP contribution is -2.03. The first-order valence-electron chi connectivity index (χ1n) is 5.87. The maximum Gasteiger partial charge on any atom is 0.295 e. The molecular weight excluding hydrogens is 341 g/mol. The highest BCUT2D eigenvalue weighted by atomic mass is 79.9. The van der Waals surface area contributed by atoms with Gasteiger partial charge in [0, 0.05) is 6.54 Å². The van der Waals surface area contributed by atoms with Gasteiger partial charge in [-0.3, -0.25) is 10.1 Å². The lowest BCUT2D eigenvalue weighted by Gasteiger charge is -2.08. The fourth-order valence-corrected chi connectivity index (χ4v) is 2.07. The lowest BCUT2D eigenvalue weighted by atomic mass is 10.1. The van der Waals surface area contributed by atoms with Crippen molar-refractivity contribution in [1.29, 1.82) is 5.26 Å². The second kappa shape index (κ2) is 6.33. The molecule has 0 amide bonds. The summed E-state index contributed by atoms with van der Waals surface area (Å²) in [5.41, 5.74) is 1.28. The zero-order chi connectivity index (χ0) is 15.4. The summed E-state index contributed by atoms with van der Waals surface area (Å²) in [7, 11) is 0. The average molecular weight is 350 g/mol. The quantitative estimate of drug-likeness (QED) is 0.668. The molecule has 0 aliphatic rings. The number of nitrogens with zero attached hydrogens (tertiary/aromatic N) is 2. The van der Waals surface area contributed by atoms with Gasteiger partial charge in [0.2, 0.25) is 0 Å². The summed E-state index contributed by atoms with van der Waals surface area (Å²) < 4.78 is 13.5. The van der Waals surface area contributed by atoms with Crippen LogP contribution in [0.1, 0.15) is 11.1 Å². The molecule has 2 aromatic rings. The summed E-state index contributed by atoms with van der Waals surface area (Å²) in [5.74, 6) is -0.689. The summed E-state index contributed by atoms with van der Waals surface area (Å²) in [6, 6.07) is 11.0. The van der Waals surface area contributed by atoms with E-state index in [1.807, 2.05) is 6.07 Å². The highest BCUT2D eigenvalue weighted by Crippen LogP contribution is 2.30. The van der Waals surface area contributed by atoms with E-state index in [1.165, 1.54) is 6.07 Å². The van der Waals surface area contributed by atoms with Crippen LogP contribution >= 0.6 is 15.9 Å². The Bertz CT molecular complexity index is 726. The summed E-state index contributed by atoms with van der Waals surface area (Å²) >= 11 is 3.00. The van der Waals surface area contributed by atoms with Crippen LogP contribution < -0.4 is 5.32 Å². The number of hydrogen-bond donors (Lipinski definition) is 1. The number of nitro groups is 1. The number of benzene rings is 2. The molecule has 21 heavy (non-hydrogen) atoms. The van der Waals surface area contributed by atoms with Gasteiger partial charge in [-0.05, 0) is 39.7 Å². The van der Waals surface area contributed by atoms with E-state index in [9.17, 15) is 14.5 Å². The fourth-order valence-electron chi connectivity index (χ4n) is 1.72. The number of nitriles is 1. The van der Waals surface area contributed by atoms with Crippen molar-refractivity contribution in [3.8, 4) is 6.07 Å². The molecule has 2 aromatic carbocycles. The second-order valence-electron chi connectivity index (χ2n) is 4.20. The van der Waals surface area contributed by atoms with Gasteiger partial charge in [0.05, 0.1) is 27.1 Å². The molecule has 0 heterocycles. The van der Waals surface area contributed by atoms with Gasteiger partial charge in [-0.25, -0.2) is 4.39 Å². The maximum atomic E-state index is 13.4. The Morgan fingerprint density at radius 3 is 2.57 bits per heavy atom. The summed E-state index contributed by atoms with van der Waals surface area (Å²) in [6.07, 6.45) is 0. The largest absolute Gasteiger partial charge is 0.375 e. The van der Waals surface area contributed by atoms with E-state index in [4.69, 9.17) is 5.26 Å². The van der Waals surface area contributed by atoms with E-state index in [0.29, 0.717) is 12.1 Å². The van der Waals surface area contributed by atoms with E-state index in [2.05, 4.69) is 21.2 Å². The first-order valence-corrected chi connectivity index (χ1v) is 6.67. The van der Waals surface area contributed by atoms with Crippen LogP contribution in [0.4, 0.5) is 15.8 Å². The molecule has 0 unspecified atom stereocenters. The number of hydrogen-bond acceptors (Lipinski definition) is 4. The van der Waals surface area contributed by atoms with Gasteiger partial charge in [-0.1, -0.05) is 12.1 Å². The summed E-state index contributed by atoms with van der Waals surface area (Å²) in [6.45, 7) is 0.324. The van der Waals surface area contributed by atoms with Crippen molar-refractivity contribution in [1.82, 2.24) is 0 Å². The van der Waals surface area contributed by atoms with Crippen LogP contribution in [0.3, 0.4) is 0 Å². The van der Waals surface area contributed by atoms with Crippen molar-refractivity contribution in [2.45, 2.75) is 6.54 Å². The Morgan fingerprint density at radius 2 is 2.00 bits per heavy atom. The van der Waals surface area contributed by atoms with Crippen molar-refractivity contribution >= 4 is 27.3 Å². The second-order valence-corrected chi connectivity index (χ2v) is 5.06. The van der Waals surface area contributed by atoms with Crippen LogP contribution in [-0.2, 0) is 6.54 Å². The minimum Gasteiger partial charge on any atom is -0.375 e. The maximum absolute atomic E-state index is 13.4. The molecule has 0 saturated carbocycles. The smallest absolute Gasteiger partial charge is 0.295 e. The molecule has 5 nitrogen and oxygen atoms in total. The Labute approximate surface area is 128 Å². The van der Waals surface area contributed by atoms with E-state index in [-0.39, 0.29) is 15.8 Å². The third kappa shape index (κ3) is 3.55. The summed E-state index contributed by atoms with van der Waals surface area (Å²) in [4.78, 5) is 10.3. The SMILES string of the molecule is N#Cc1ccc(CNc2cc(Br)c(F)cc2[N+](=O)[O-])cc1. The summed E-state index contributed by atoms with van der Waals surface area (Å²) in [5, 5.41) is 22.5. The number of rotatable bonds is 4. The van der Waals surface area contributed by atoms with Crippen molar-refractivity contribution in [2.24, 2.45) is 0 Å². The van der Waals surface area contributed by atoms with Gasteiger partial charge in [0.15, 0.2) is 0 Å². The molecule has 0 radical (unpaired) electrons. The monoisotopic (exact) mass is 349 g/mol.